The van der Waals surface area contributed by atoms with Crippen LogP contribution in [0.2, 0.25) is 0 Å². The van der Waals surface area contributed by atoms with Crippen LogP contribution >= 0.6 is 0 Å². The van der Waals surface area contributed by atoms with Gasteiger partial charge in [-0.1, -0.05) is 6.58 Å². The highest BCUT2D eigenvalue weighted by Gasteiger charge is 2.01. The van der Waals surface area contributed by atoms with E-state index in [1.807, 2.05) is 4.90 Å². The van der Waals surface area contributed by atoms with Crippen LogP contribution in [0.5, 0.6) is 0 Å². The van der Waals surface area contributed by atoms with Gasteiger partial charge in [0.1, 0.15) is 0 Å². The van der Waals surface area contributed by atoms with Gasteiger partial charge in [0.05, 0.1) is 0 Å². The third-order valence-corrected chi connectivity index (χ3v) is 1.59. The molecule has 0 atom stereocenters. The average molecular weight is 110 g/mol. The Morgan fingerprint density at radius 2 is 2.25 bits per heavy atom. The molecular formula is C7H12N-. The minimum absolute atomic E-state index is 1.10. The molecule has 1 fully saturated rings. The van der Waals surface area contributed by atoms with Crippen LogP contribution in [0.1, 0.15) is 19.3 Å². The van der Waals surface area contributed by atoms with Crippen LogP contribution in [0.25, 0.3) is 0 Å². The molecule has 1 heterocycles. The Bertz CT molecular complexity index is 96.6. The van der Waals surface area contributed by atoms with Crippen LogP contribution in [0, 0.1) is 7.05 Å². The van der Waals surface area contributed by atoms with Gasteiger partial charge in [0.2, 0.25) is 0 Å². The molecule has 0 aromatic carbocycles. The third kappa shape index (κ3) is 1.03. The van der Waals surface area contributed by atoms with Crippen molar-refractivity contribution in [2.24, 2.45) is 0 Å². The first-order valence-corrected chi connectivity index (χ1v) is 3.06. The zero-order chi connectivity index (χ0) is 5.98. The minimum Gasteiger partial charge on any atom is -0.529 e. The maximum atomic E-state index is 3.86. The molecule has 0 aromatic rings. The molecule has 46 valence electrons. The summed E-state index contributed by atoms with van der Waals surface area (Å²) in [6.45, 7) is 4.95. The van der Waals surface area contributed by atoms with Crippen LogP contribution in [0.4, 0.5) is 0 Å². The lowest BCUT2D eigenvalue weighted by Crippen LogP contribution is -2.20. The molecule has 0 aliphatic carbocycles. The van der Waals surface area contributed by atoms with E-state index in [4.69, 9.17) is 0 Å². The SMILES string of the molecule is C=C1CCCCN1[CH2-]. The second-order valence-corrected chi connectivity index (χ2v) is 2.29. The molecular weight excluding hydrogens is 98.1 g/mol. The summed E-state index contributed by atoms with van der Waals surface area (Å²) in [7, 11) is 3.81. The van der Waals surface area contributed by atoms with Crippen molar-refractivity contribution in [2.75, 3.05) is 6.54 Å². The maximum Gasteiger partial charge on any atom is -0.0121 e. The summed E-state index contributed by atoms with van der Waals surface area (Å²) >= 11 is 0. The lowest BCUT2D eigenvalue weighted by Gasteiger charge is -2.34. The van der Waals surface area contributed by atoms with E-state index in [9.17, 15) is 0 Å². The molecule has 1 aliphatic heterocycles. The van der Waals surface area contributed by atoms with Crippen LogP contribution < -0.4 is 0 Å². The quantitative estimate of drug-likeness (QED) is 0.430. The number of allylic oxidation sites excluding steroid dienone is 1. The molecule has 0 radical (unpaired) electrons. The molecule has 0 aromatic heterocycles. The molecule has 1 saturated heterocycles. The zero-order valence-electron chi connectivity index (χ0n) is 5.19. The van der Waals surface area contributed by atoms with Crippen LogP contribution in [-0.4, -0.2) is 11.4 Å². The lowest BCUT2D eigenvalue weighted by molar-refractivity contribution is 0.377. The van der Waals surface area contributed by atoms with Gasteiger partial charge in [-0.15, -0.1) is 0 Å². The summed E-state index contributed by atoms with van der Waals surface area (Å²) in [5, 5.41) is 0. The van der Waals surface area contributed by atoms with E-state index < -0.39 is 0 Å². The largest absolute Gasteiger partial charge is 0.529 e. The van der Waals surface area contributed by atoms with Crippen molar-refractivity contribution < 1.29 is 0 Å². The topological polar surface area (TPSA) is 3.24 Å². The molecule has 0 spiro atoms. The smallest absolute Gasteiger partial charge is 0.0121 e. The molecule has 1 aliphatic rings. The minimum atomic E-state index is 1.10. The van der Waals surface area contributed by atoms with Gasteiger partial charge in [-0.05, 0) is 31.5 Å². The lowest BCUT2D eigenvalue weighted by atomic mass is 10.1. The standard InChI is InChI=1S/C7H12N/c1-7-5-3-4-6-8(7)2/h1-6H2/q-1. The first kappa shape index (κ1) is 5.67. The molecule has 1 rings (SSSR count). The van der Waals surface area contributed by atoms with E-state index in [0.29, 0.717) is 0 Å². The Balaban J connectivity index is 2.39. The summed E-state index contributed by atoms with van der Waals surface area (Å²) in [5.41, 5.74) is 1.19. The highest BCUT2D eigenvalue weighted by molar-refractivity contribution is 4.96. The Morgan fingerprint density at radius 3 is 2.62 bits per heavy atom. The van der Waals surface area contributed by atoms with Crippen LogP contribution in [-0.2, 0) is 0 Å². The predicted octanol–water partition coefficient (Wildman–Crippen LogP) is 1.78. The van der Waals surface area contributed by atoms with Crippen LogP contribution in [0.15, 0.2) is 12.3 Å². The first-order valence-electron chi connectivity index (χ1n) is 3.06. The van der Waals surface area contributed by atoms with E-state index in [0.717, 1.165) is 13.0 Å². The number of piperidine rings is 1. The van der Waals surface area contributed by atoms with Gasteiger partial charge >= 0.3 is 0 Å². The van der Waals surface area contributed by atoms with Gasteiger partial charge < -0.3 is 4.90 Å². The van der Waals surface area contributed by atoms with Gasteiger partial charge in [0.15, 0.2) is 0 Å². The van der Waals surface area contributed by atoms with Crippen molar-refractivity contribution in [1.29, 1.82) is 0 Å². The van der Waals surface area contributed by atoms with E-state index >= 15 is 0 Å². The summed E-state index contributed by atoms with van der Waals surface area (Å²) in [4.78, 5) is 1.99. The van der Waals surface area contributed by atoms with Crippen molar-refractivity contribution in [3.8, 4) is 0 Å². The fourth-order valence-electron chi connectivity index (χ4n) is 0.948. The second-order valence-electron chi connectivity index (χ2n) is 2.29. The number of rotatable bonds is 0. The Labute approximate surface area is 51.0 Å². The van der Waals surface area contributed by atoms with Crippen molar-refractivity contribution in [1.82, 2.24) is 4.90 Å². The Kier molecular flexibility index (Phi) is 1.56. The molecule has 0 unspecified atom stereocenters. The highest BCUT2D eigenvalue weighted by atomic mass is 15.1. The summed E-state index contributed by atoms with van der Waals surface area (Å²) in [5.74, 6) is 0. The fraction of sp³-hybridized carbons (Fsp3) is 0.571. The van der Waals surface area contributed by atoms with Gasteiger partial charge in [-0.25, -0.2) is 0 Å². The van der Waals surface area contributed by atoms with E-state index in [1.165, 1.54) is 18.5 Å². The number of hydrogen-bond acceptors (Lipinski definition) is 1. The zero-order valence-corrected chi connectivity index (χ0v) is 5.19. The van der Waals surface area contributed by atoms with Gasteiger partial charge in [0.25, 0.3) is 0 Å². The van der Waals surface area contributed by atoms with E-state index in [-0.39, 0.29) is 0 Å². The molecule has 1 nitrogen and oxygen atoms in total. The van der Waals surface area contributed by atoms with E-state index in [1.54, 1.807) is 0 Å². The van der Waals surface area contributed by atoms with Gasteiger partial charge in [0, 0.05) is 0 Å². The Hall–Kier alpha value is -0.460. The highest BCUT2D eigenvalue weighted by Crippen LogP contribution is 2.16. The summed E-state index contributed by atoms with van der Waals surface area (Å²) < 4.78 is 0. The fourth-order valence-corrected chi connectivity index (χ4v) is 0.948. The number of nitrogens with zero attached hydrogens (tertiary/aromatic N) is 1. The molecule has 0 saturated carbocycles. The maximum absolute atomic E-state index is 3.86. The van der Waals surface area contributed by atoms with Crippen molar-refractivity contribution in [3.63, 3.8) is 0 Å². The summed E-state index contributed by atoms with van der Waals surface area (Å²) in [6.07, 6.45) is 3.72. The molecule has 0 amide bonds. The first-order chi connectivity index (χ1) is 3.80. The van der Waals surface area contributed by atoms with Crippen LogP contribution in [0.3, 0.4) is 0 Å². The van der Waals surface area contributed by atoms with Gasteiger partial charge in [-0.2, -0.15) is 0 Å². The van der Waals surface area contributed by atoms with E-state index in [2.05, 4.69) is 13.6 Å². The van der Waals surface area contributed by atoms with Gasteiger partial charge in [-0.3, -0.25) is 7.05 Å². The molecule has 0 bridgehead atoms. The number of hydrogen-bond donors (Lipinski definition) is 0. The average Bonchev–Trinajstić information content (AvgIpc) is 1.77. The van der Waals surface area contributed by atoms with Crippen molar-refractivity contribution in [2.45, 2.75) is 19.3 Å². The van der Waals surface area contributed by atoms with Crippen molar-refractivity contribution in [3.05, 3.63) is 19.3 Å². The van der Waals surface area contributed by atoms with Crippen molar-refractivity contribution >= 4 is 0 Å². The molecule has 0 N–H and O–H groups in total. The second kappa shape index (κ2) is 2.21. The summed E-state index contributed by atoms with van der Waals surface area (Å²) in [6, 6.07) is 0. The number of likely N-dealkylation sites (tertiary alicyclic amines) is 1. The third-order valence-electron chi connectivity index (χ3n) is 1.59. The molecule has 1 heteroatoms. The normalized spacial score (nSPS) is 21.6. The Morgan fingerprint density at radius 1 is 1.50 bits per heavy atom. The predicted molar refractivity (Wildman–Crippen MR) is 35.1 cm³/mol. The monoisotopic (exact) mass is 110 g/mol. The molecule has 8 heavy (non-hydrogen) atoms.